The number of hydrazine groups is 1. The Morgan fingerprint density at radius 1 is 1.28 bits per heavy atom. The third-order valence-corrected chi connectivity index (χ3v) is 2.78. The molecule has 0 bridgehead atoms. The maximum Gasteiger partial charge on any atom is 0.223 e. The van der Waals surface area contributed by atoms with Crippen LogP contribution in [0.25, 0.3) is 0 Å². The summed E-state index contributed by atoms with van der Waals surface area (Å²) in [7, 11) is 0. The number of thiocarbonyl (C=S) groups is 1. The average Bonchev–Trinajstić information content (AvgIpc) is 2.29. The van der Waals surface area contributed by atoms with Crippen LogP contribution in [0.15, 0.2) is 24.3 Å². The fourth-order valence-corrected chi connectivity index (χ4v) is 1.67. The Balaban J connectivity index is 2.59. The Bertz CT molecular complexity index is 416. The van der Waals surface area contributed by atoms with Crippen molar-refractivity contribution in [3.8, 4) is 0 Å². The average molecular weight is 264 g/mol. The van der Waals surface area contributed by atoms with Crippen molar-refractivity contribution >= 4 is 23.5 Å². The van der Waals surface area contributed by atoms with Gasteiger partial charge in [0.25, 0.3) is 0 Å². The lowest BCUT2D eigenvalue weighted by Crippen LogP contribution is -2.82. The van der Waals surface area contributed by atoms with Gasteiger partial charge in [-0.2, -0.15) is 0 Å². The van der Waals surface area contributed by atoms with Gasteiger partial charge in [-0.05, 0) is 42.3 Å². The lowest BCUT2D eigenvalue weighted by atomic mass is 9.87. The Kier molecular flexibility index (Phi) is 5.28. The van der Waals surface area contributed by atoms with E-state index in [1.54, 1.807) is 0 Å². The minimum absolute atomic E-state index is 0.191. The SMILES string of the molecule is CCNC(=S)N[NH+]=Cc1ccc(C(C)(C)C)cc1. The van der Waals surface area contributed by atoms with Crippen LogP contribution in [0.1, 0.15) is 38.8 Å². The Labute approximate surface area is 115 Å². The fraction of sp³-hybridized carbons (Fsp3) is 0.429. The summed E-state index contributed by atoms with van der Waals surface area (Å²) in [4.78, 5) is 0. The van der Waals surface area contributed by atoms with E-state index in [4.69, 9.17) is 12.2 Å². The van der Waals surface area contributed by atoms with Crippen LogP contribution < -0.4 is 15.8 Å². The van der Waals surface area contributed by atoms with Crippen molar-refractivity contribution < 1.29 is 5.10 Å². The minimum Gasteiger partial charge on any atom is -0.359 e. The van der Waals surface area contributed by atoms with Crippen LogP contribution in [0.5, 0.6) is 0 Å². The van der Waals surface area contributed by atoms with Gasteiger partial charge < -0.3 is 5.32 Å². The summed E-state index contributed by atoms with van der Waals surface area (Å²) < 4.78 is 0. The van der Waals surface area contributed by atoms with Gasteiger partial charge in [0.1, 0.15) is 0 Å². The fourth-order valence-electron chi connectivity index (χ4n) is 1.47. The summed E-state index contributed by atoms with van der Waals surface area (Å²) in [5.41, 5.74) is 5.52. The predicted molar refractivity (Wildman–Crippen MR) is 80.7 cm³/mol. The van der Waals surface area contributed by atoms with Crippen molar-refractivity contribution in [3.05, 3.63) is 35.4 Å². The molecule has 0 aliphatic carbocycles. The summed E-state index contributed by atoms with van der Waals surface area (Å²) in [6.45, 7) is 9.44. The Hall–Kier alpha value is -1.42. The van der Waals surface area contributed by atoms with Crippen LogP contribution in [-0.2, 0) is 5.41 Å². The molecule has 0 aliphatic heterocycles. The van der Waals surface area contributed by atoms with E-state index in [1.807, 2.05) is 13.1 Å². The topological polar surface area (TPSA) is 38.0 Å². The summed E-state index contributed by atoms with van der Waals surface area (Å²) in [5.74, 6) is 0. The van der Waals surface area contributed by atoms with Gasteiger partial charge in [-0.15, -0.1) is 10.5 Å². The summed E-state index contributed by atoms with van der Waals surface area (Å²) in [5, 5.41) is 6.56. The normalized spacial score (nSPS) is 11.6. The monoisotopic (exact) mass is 264 g/mol. The standard InChI is InChI=1S/C14H21N3S/c1-5-15-13(18)17-16-10-11-6-8-12(9-7-11)14(2,3)4/h6-10H,5H2,1-4H3,(H2,15,17,18)/p+1. The van der Waals surface area contributed by atoms with Gasteiger partial charge in [-0.25, -0.2) is 0 Å². The quantitative estimate of drug-likeness (QED) is 0.431. The van der Waals surface area contributed by atoms with Crippen LogP contribution in [0.3, 0.4) is 0 Å². The highest BCUT2D eigenvalue weighted by atomic mass is 32.1. The second kappa shape index (κ2) is 6.50. The van der Waals surface area contributed by atoms with Gasteiger partial charge in [-0.1, -0.05) is 32.9 Å². The van der Waals surface area contributed by atoms with E-state index >= 15 is 0 Å². The molecule has 3 N–H and O–H groups in total. The maximum absolute atomic E-state index is 5.03. The molecule has 0 atom stereocenters. The van der Waals surface area contributed by atoms with Crippen LogP contribution in [0.4, 0.5) is 0 Å². The molecule has 0 radical (unpaired) electrons. The molecular formula is C14H22N3S+. The molecule has 0 spiro atoms. The van der Waals surface area contributed by atoms with Crippen LogP contribution >= 0.6 is 12.2 Å². The molecule has 1 aromatic carbocycles. The largest absolute Gasteiger partial charge is 0.359 e. The zero-order chi connectivity index (χ0) is 13.6. The molecule has 18 heavy (non-hydrogen) atoms. The van der Waals surface area contributed by atoms with E-state index in [0.29, 0.717) is 5.11 Å². The number of hydrogen-bond acceptors (Lipinski definition) is 1. The number of rotatable bonds is 3. The molecule has 3 nitrogen and oxygen atoms in total. The van der Waals surface area contributed by atoms with Crippen LogP contribution in [-0.4, -0.2) is 17.9 Å². The van der Waals surface area contributed by atoms with Crippen molar-refractivity contribution in [3.63, 3.8) is 0 Å². The lowest BCUT2D eigenvalue weighted by molar-refractivity contribution is -0.500. The first-order valence-corrected chi connectivity index (χ1v) is 6.57. The van der Waals surface area contributed by atoms with E-state index in [-0.39, 0.29) is 5.41 Å². The summed E-state index contributed by atoms with van der Waals surface area (Å²) >= 11 is 5.03. The van der Waals surface area contributed by atoms with Gasteiger partial charge in [0.15, 0.2) is 6.21 Å². The molecule has 0 aromatic heterocycles. The van der Waals surface area contributed by atoms with Crippen molar-refractivity contribution in [2.45, 2.75) is 33.1 Å². The molecular weight excluding hydrogens is 242 g/mol. The lowest BCUT2D eigenvalue weighted by Gasteiger charge is -2.18. The third kappa shape index (κ3) is 4.84. The Morgan fingerprint density at radius 3 is 2.39 bits per heavy atom. The molecule has 0 unspecified atom stereocenters. The smallest absolute Gasteiger partial charge is 0.223 e. The molecule has 0 heterocycles. The highest BCUT2D eigenvalue weighted by Gasteiger charge is 2.12. The van der Waals surface area contributed by atoms with Crippen LogP contribution in [0.2, 0.25) is 0 Å². The molecule has 0 aliphatic rings. The van der Waals surface area contributed by atoms with Crippen molar-refractivity contribution in [1.82, 2.24) is 10.7 Å². The van der Waals surface area contributed by atoms with Crippen molar-refractivity contribution in [2.24, 2.45) is 0 Å². The zero-order valence-corrected chi connectivity index (χ0v) is 12.3. The van der Waals surface area contributed by atoms with Crippen molar-refractivity contribution in [1.29, 1.82) is 0 Å². The third-order valence-electron chi connectivity index (χ3n) is 2.54. The van der Waals surface area contributed by atoms with Gasteiger partial charge >= 0.3 is 0 Å². The van der Waals surface area contributed by atoms with E-state index < -0.39 is 0 Å². The molecule has 0 saturated carbocycles. The first-order valence-electron chi connectivity index (χ1n) is 6.16. The second-order valence-corrected chi connectivity index (χ2v) is 5.55. The predicted octanol–water partition coefficient (Wildman–Crippen LogP) is 0.883. The number of nitrogens with one attached hydrogen (secondary N) is 3. The van der Waals surface area contributed by atoms with Gasteiger partial charge in [-0.3, -0.25) is 0 Å². The molecule has 1 rings (SSSR count). The van der Waals surface area contributed by atoms with Gasteiger partial charge in [0.05, 0.1) is 0 Å². The number of hydrogen-bond donors (Lipinski definition) is 3. The highest BCUT2D eigenvalue weighted by molar-refractivity contribution is 7.80. The molecule has 4 heteroatoms. The van der Waals surface area contributed by atoms with E-state index in [1.165, 1.54) is 5.56 Å². The zero-order valence-electron chi connectivity index (χ0n) is 11.5. The second-order valence-electron chi connectivity index (χ2n) is 5.15. The molecule has 0 fully saturated rings. The Morgan fingerprint density at radius 2 is 1.89 bits per heavy atom. The van der Waals surface area contributed by atoms with E-state index in [9.17, 15) is 0 Å². The summed E-state index contributed by atoms with van der Waals surface area (Å²) in [6.07, 6.45) is 1.88. The first kappa shape index (κ1) is 14.6. The molecule has 98 valence electrons. The number of benzene rings is 1. The van der Waals surface area contributed by atoms with E-state index in [0.717, 1.165) is 12.1 Å². The highest BCUT2D eigenvalue weighted by Crippen LogP contribution is 2.21. The first-order chi connectivity index (χ1) is 8.43. The van der Waals surface area contributed by atoms with Gasteiger partial charge in [0.2, 0.25) is 5.11 Å². The minimum atomic E-state index is 0.191. The molecule has 1 aromatic rings. The summed E-state index contributed by atoms with van der Waals surface area (Å²) in [6, 6.07) is 8.48. The number of hydrazone groups is 1. The molecule has 0 amide bonds. The van der Waals surface area contributed by atoms with Gasteiger partial charge in [0, 0.05) is 12.1 Å². The van der Waals surface area contributed by atoms with Crippen LogP contribution in [0, 0.1) is 0 Å². The van der Waals surface area contributed by atoms with Crippen molar-refractivity contribution in [2.75, 3.05) is 6.54 Å². The maximum atomic E-state index is 5.03. The van der Waals surface area contributed by atoms with E-state index in [2.05, 4.69) is 60.9 Å². The molecule has 0 saturated heterocycles.